The van der Waals surface area contributed by atoms with Gasteiger partial charge in [0.2, 0.25) is 0 Å². The Hall–Kier alpha value is -2.95. The Morgan fingerprint density at radius 2 is 1.90 bits per heavy atom. The minimum absolute atomic E-state index is 0.129. The molecule has 41 heavy (non-hydrogen) atoms. The van der Waals surface area contributed by atoms with E-state index in [0.717, 1.165) is 60.3 Å². The van der Waals surface area contributed by atoms with Crippen molar-refractivity contribution in [2.45, 2.75) is 83.7 Å². The maximum Gasteiger partial charge on any atom is 0.422 e. The van der Waals surface area contributed by atoms with Crippen LogP contribution in [0.4, 0.5) is 13.2 Å². The summed E-state index contributed by atoms with van der Waals surface area (Å²) in [5, 5.41) is 5.24. The molecule has 4 heterocycles. The summed E-state index contributed by atoms with van der Waals surface area (Å²) in [6, 6.07) is 3.89. The van der Waals surface area contributed by atoms with Gasteiger partial charge in [0.15, 0.2) is 12.2 Å². The molecule has 1 aromatic carbocycles. The lowest BCUT2D eigenvalue weighted by Gasteiger charge is -2.45. The Balaban J connectivity index is 1.10. The van der Waals surface area contributed by atoms with Crippen LogP contribution in [0.1, 0.15) is 69.9 Å². The molecule has 0 N–H and O–H groups in total. The number of ether oxygens (including phenoxy) is 2. The van der Waals surface area contributed by atoms with Crippen molar-refractivity contribution in [2.75, 3.05) is 39.4 Å². The fourth-order valence-electron chi connectivity index (χ4n) is 6.55. The monoisotopic (exact) mass is 576 g/mol. The minimum Gasteiger partial charge on any atom is -0.483 e. The summed E-state index contributed by atoms with van der Waals surface area (Å²) in [5.74, 6) is 1.51. The second-order valence-electron chi connectivity index (χ2n) is 12.4. The number of rotatable bonds is 8. The summed E-state index contributed by atoms with van der Waals surface area (Å²) in [6.45, 7) is 9.11. The van der Waals surface area contributed by atoms with E-state index in [1.54, 1.807) is 6.07 Å². The van der Waals surface area contributed by atoms with Gasteiger partial charge in [0, 0.05) is 50.9 Å². The molecule has 4 aliphatic rings. The van der Waals surface area contributed by atoms with Crippen LogP contribution in [0.3, 0.4) is 0 Å². The van der Waals surface area contributed by atoms with E-state index in [1.807, 2.05) is 20.8 Å². The van der Waals surface area contributed by atoms with Crippen molar-refractivity contribution in [3.63, 3.8) is 0 Å². The van der Waals surface area contributed by atoms with Gasteiger partial charge in [-0.2, -0.15) is 13.2 Å². The fraction of sp³-hybridized carbons (Fsp3) is 0.667. The number of oxime groups is 1. The first kappa shape index (κ1) is 28.2. The van der Waals surface area contributed by atoms with Gasteiger partial charge in [-0.05, 0) is 75.6 Å². The minimum atomic E-state index is -4.40. The van der Waals surface area contributed by atoms with Gasteiger partial charge in [0.25, 0.3) is 0 Å². The van der Waals surface area contributed by atoms with Gasteiger partial charge in [0.1, 0.15) is 11.6 Å². The zero-order valence-electron chi connectivity index (χ0n) is 24.1. The molecule has 224 valence electrons. The van der Waals surface area contributed by atoms with Gasteiger partial charge in [-0.3, -0.25) is 9.69 Å². The maximum atomic E-state index is 13.1. The molecule has 2 saturated heterocycles. The largest absolute Gasteiger partial charge is 0.483 e. The second-order valence-corrected chi connectivity index (χ2v) is 12.4. The number of likely N-dealkylation sites (tertiary alicyclic amines) is 2. The Bertz CT molecular complexity index is 1340. The van der Waals surface area contributed by atoms with E-state index >= 15 is 0 Å². The number of esters is 1. The number of hydrogen-bond acceptors (Lipinski definition) is 7. The molecular weight excluding hydrogens is 537 g/mol. The van der Waals surface area contributed by atoms with Crippen molar-refractivity contribution in [2.24, 2.45) is 10.6 Å². The number of halogens is 3. The summed E-state index contributed by atoms with van der Waals surface area (Å²) in [5.41, 5.74) is 2.12. The highest BCUT2D eigenvalue weighted by molar-refractivity contribution is 5.91. The Morgan fingerprint density at radius 3 is 2.54 bits per heavy atom. The molecule has 2 aromatic rings. The van der Waals surface area contributed by atoms with Crippen LogP contribution >= 0.6 is 0 Å². The standard InChI is InChI=1S/C30H39F3N4O4/c1-4-36-16-22(21-6-7-21)26-23(36)12-20(13-24(26)40-19-30(31,32)33)15-35-17-29(18-35)14-25(34-41-29)37-10-8-28(3,9-11-37)27(38)39-5-2/h12-13,16,21H,4-11,14-15,17-19H2,1-3H3. The van der Waals surface area contributed by atoms with E-state index in [-0.39, 0.29) is 11.6 Å². The number of aryl methyl sites for hydroxylation is 1. The molecule has 1 saturated carbocycles. The lowest BCUT2D eigenvalue weighted by molar-refractivity contribution is -0.156. The second kappa shape index (κ2) is 10.4. The van der Waals surface area contributed by atoms with Gasteiger partial charge in [0.05, 0.1) is 24.0 Å². The quantitative estimate of drug-likeness (QED) is 0.391. The average Bonchev–Trinajstić information content (AvgIpc) is 3.55. The maximum absolute atomic E-state index is 13.1. The molecular formula is C30H39F3N4O4. The molecule has 3 aliphatic heterocycles. The fourth-order valence-corrected chi connectivity index (χ4v) is 6.55. The molecule has 0 amide bonds. The Labute approximate surface area is 238 Å². The van der Waals surface area contributed by atoms with Crippen molar-refractivity contribution in [3.8, 4) is 5.75 Å². The predicted octanol–water partition coefficient (Wildman–Crippen LogP) is 5.43. The number of fused-ring (bicyclic) bond motifs is 1. The number of hydrogen-bond donors (Lipinski definition) is 0. The third kappa shape index (κ3) is 5.61. The van der Waals surface area contributed by atoms with Gasteiger partial charge in [-0.1, -0.05) is 5.16 Å². The molecule has 1 spiro atoms. The summed E-state index contributed by atoms with van der Waals surface area (Å²) in [7, 11) is 0. The molecule has 0 bridgehead atoms. The number of alkyl halides is 3. The molecule has 1 aromatic heterocycles. The third-order valence-corrected chi connectivity index (χ3v) is 9.04. The van der Waals surface area contributed by atoms with Crippen LogP contribution in [0, 0.1) is 5.41 Å². The van der Waals surface area contributed by atoms with Crippen molar-refractivity contribution in [3.05, 3.63) is 29.5 Å². The van der Waals surface area contributed by atoms with E-state index < -0.39 is 18.2 Å². The van der Waals surface area contributed by atoms with Crippen molar-refractivity contribution in [1.82, 2.24) is 14.4 Å². The number of piperidine rings is 1. The van der Waals surface area contributed by atoms with Crippen molar-refractivity contribution >= 4 is 22.7 Å². The number of benzene rings is 1. The van der Waals surface area contributed by atoms with Crippen LogP contribution in [-0.4, -0.2) is 77.3 Å². The van der Waals surface area contributed by atoms with Crippen LogP contribution in [0.15, 0.2) is 23.5 Å². The summed E-state index contributed by atoms with van der Waals surface area (Å²) < 4.78 is 52.1. The first-order valence-corrected chi connectivity index (χ1v) is 14.8. The molecule has 6 rings (SSSR count). The topological polar surface area (TPSA) is 68.5 Å². The van der Waals surface area contributed by atoms with Crippen LogP contribution in [0.25, 0.3) is 10.9 Å². The van der Waals surface area contributed by atoms with E-state index in [9.17, 15) is 18.0 Å². The van der Waals surface area contributed by atoms with E-state index in [2.05, 4.69) is 31.8 Å². The van der Waals surface area contributed by atoms with Gasteiger partial charge < -0.3 is 23.8 Å². The molecule has 1 aliphatic carbocycles. The van der Waals surface area contributed by atoms with Gasteiger partial charge in [-0.25, -0.2) is 0 Å². The highest BCUT2D eigenvalue weighted by Crippen LogP contribution is 2.47. The smallest absolute Gasteiger partial charge is 0.422 e. The molecule has 0 radical (unpaired) electrons. The van der Waals surface area contributed by atoms with E-state index in [0.29, 0.717) is 57.2 Å². The molecule has 0 atom stereocenters. The van der Waals surface area contributed by atoms with Crippen molar-refractivity contribution < 1.29 is 32.3 Å². The zero-order valence-corrected chi connectivity index (χ0v) is 24.1. The SMILES string of the molecule is CCOC(=O)C1(C)CCN(C2=NOC3(C2)CN(Cc2cc(OCC(F)(F)F)c4c(C5CC5)cn(CC)c4c2)C3)CC1. The van der Waals surface area contributed by atoms with Crippen LogP contribution in [0.5, 0.6) is 5.75 Å². The number of nitrogens with zero attached hydrogens (tertiary/aromatic N) is 4. The predicted molar refractivity (Wildman–Crippen MR) is 148 cm³/mol. The van der Waals surface area contributed by atoms with Crippen LogP contribution in [0.2, 0.25) is 0 Å². The zero-order chi connectivity index (χ0) is 29.0. The number of carbonyl (C=O) groups excluding carboxylic acids is 1. The first-order chi connectivity index (χ1) is 19.5. The summed E-state index contributed by atoms with van der Waals surface area (Å²) >= 11 is 0. The molecule has 11 heteroatoms. The number of aromatic nitrogens is 1. The summed E-state index contributed by atoms with van der Waals surface area (Å²) in [6.07, 6.45) is 1.95. The van der Waals surface area contributed by atoms with Crippen molar-refractivity contribution in [1.29, 1.82) is 0 Å². The molecule has 3 fully saturated rings. The average molecular weight is 577 g/mol. The van der Waals surface area contributed by atoms with Crippen LogP contribution in [-0.2, 0) is 27.5 Å². The Morgan fingerprint density at radius 1 is 1.17 bits per heavy atom. The highest BCUT2D eigenvalue weighted by Gasteiger charge is 2.51. The van der Waals surface area contributed by atoms with E-state index in [4.69, 9.17) is 14.3 Å². The number of carbonyl (C=O) groups is 1. The van der Waals surface area contributed by atoms with Crippen LogP contribution < -0.4 is 4.74 Å². The third-order valence-electron chi connectivity index (χ3n) is 9.04. The van der Waals surface area contributed by atoms with E-state index in [1.165, 1.54) is 0 Å². The summed E-state index contributed by atoms with van der Waals surface area (Å²) in [4.78, 5) is 22.8. The lowest BCUT2D eigenvalue weighted by Crippen LogP contribution is -2.61. The molecule has 8 nitrogen and oxygen atoms in total. The van der Waals surface area contributed by atoms with Gasteiger partial charge >= 0.3 is 12.1 Å². The molecule has 0 unspecified atom stereocenters. The van der Waals surface area contributed by atoms with Gasteiger partial charge in [-0.15, -0.1) is 0 Å². The first-order valence-electron chi connectivity index (χ1n) is 14.8. The lowest BCUT2D eigenvalue weighted by atomic mass is 9.80. The Kier molecular flexibility index (Phi) is 7.15. The number of amidine groups is 1. The normalized spacial score (nSPS) is 22.0. The highest BCUT2D eigenvalue weighted by atomic mass is 19.4.